The van der Waals surface area contributed by atoms with E-state index in [4.69, 9.17) is 5.11 Å². The van der Waals surface area contributed by atoms with Crippen LogP contribution in [0.25, 0.3) is 0 Å². The number of hydrogen-bond acceptors (Lipinski definition) is 4. The van der Waals surface area contributed by atoms with Gasteiger partial charge in [-0.25, -0.2) is 4.79 Å². The summed E-state index contributed by atoms with van der Waals surface area (Å²) in [4.78, 5) is 35.2. The van der Waals surface area contributed by atoms with E-state index in [0.29, 0.717) is 5.00 Å². The van der Waals surface area contributed by atoms with Crippen molar-refractivity contribution >= 4 is 34.1 Å². The van der Waals surface area contributed by atoms with Crippen molar-refractivity contribution in [1.29, 1.82) is 0 Å². The van der Waals surface area contributed by atoms with Crippen LogP contribution in [0.4, 0.5) is 5.00 Å². The Hall–Kier alpha value is -1.89. The molecule has 0 aliphatic carbocycles. The molecular formula is C14H20N2O4S. The molecule has 0 aromatic carbocycles. The Morgan fingerprint density at radius 3 is 2.43 bits per heavy atom. The van der Waals surface area contributed by atoms with Gasteiger partial charge in [-0.15, -0.1) is 11.3 Å². The van der Waals surface area contributed by atoms with E-state index in [1.807, 2.05) is 0 Å². The molecule has 7 heteroatoms. The zero-order valence-corrected chi connectivity index (χ0v) is 13.4. The lowest BCUT2D eigenvalue weighted by atomic mass is 9.96. The molecule has 0 aliphatic heterocycles. The maximum atomic E-state index is 11.8. The molecule has 1 rings (SSSR count). The smallest absolute Gasteiger partial charge is 0.338 e. The van der Waals surface area contributed by atoms with E-state index in [0.717, 1.165) is 4.88 Å². The van der Waals surface area contributed by atoms with Crippen LogP contribution in [0.15, 0.2) is 6.07 Å². The zero-order chi connectivity index (χ0) is 16.2. The number of anilines is 1. The van der Waals surface area contributed by atoms with Crippen LogP contribution in [0.3, 0.4) is 0 Å². The fourth-order valence-corrected chi connectivity index (χ4v) is 2.43. The molecule has 3 N–H and O–H groups in total. The Labute approximate surface area is 127 Å². The summed E-state index contributed by atoms with van der Waals surface area (Å²) in [7, 11) is 0. The quantitative estimate of drug-likeness (QED) is 0.777. The maximum Gasteiger partial charge on any atom is 0.338 e. The molecule has 6 nitrogen and oxygen atoms in total. The van der Waals surface area contributed by atoms with Gasteiger partial charge in [0.1, 0.15) is 5.00 Å². The third kappa shape index (κ3) is 5.18. The Kier molecular flexibility index (Phi) is 5.48. The van der Waals surface area contributed by atoms with Gasteiger partial charge >= 0.3 is 5.97 Å². The minimum Gasteiger partial charge on any atom is -0.478 e. The van der Waals surface area contributed by atoms with Crippen LogP contribution in [0.2, 0.25) is 0 Å². The Balaban J connectivity index is 2.52. The van der Waals surface area contributed by atoms with E-state index >= 15 is 0 Å². The van der Waals surface area contributed by atoms with Crippen LogP contribution in [-0.2, 0) is 9.59 Å². The predicted molar refractivity (Wildman–Crippen MR) is 81.7 cm³/mol. The second-order valence-corrected chi connectivity index (χ2v) is 6.97. The van der Waals surface area contributed by atoms with Gasteiger partial charge in [-0.05, 0) is 13.0 Å². The second kappa shape index (κ2) is 6.71. The number of carbonyl (C=O) groups is 3. The number of aryl methyl sites for hydroxylation is 1. The minimum atomic E-state index is -1.07. The Bertz CT molecular complexity index is 558. The molecule has 0 radical (unpaired) electrons. The molecule has 21 heavy (non-hydrogen) atoms. The number of aromatic carboxylic acids is 1. The number of thiophene rings is 1. The van der Waals surface area contributed by atoms with Gasteiger partial charge in [0.15, 0.2) is 0 Å². The largest absolute Gasteiger partial charge is 0.478 e. The van der Waals surface area contributed by atoms with E-state index < -0.39 is 11.4 Å². The van der Waals surface area contributed by atoms with Crippen molar-refractivity contribution in [3.05, 3.63) is 16.5 Å². The number of carbonyl (C=O) groups excluding carboxylic acids is 2. The van der Waals surface area contributed by atoms with Crippen molar-refractivity contribution in [1.82, 2.24) is 5.32 Å². The number of carboxylic acids is 1. The summed E-state index contributed by atoms with van der Waals surface area (Å²) < 4.78 is 0. The third-order valence-corrected chi connectivity index (χ3v) is 3.62. The molecular weight excluding hydrogens is 292 g/mol. The number of carboxylic acid groups (broad SMARTS) is 1. The summed E-state index contributed by atoms with van der Waals surface area (Å²) in [5.41, 5.74) is -0.415. The van der Waals surface area contributed by atoms with Crippen molar-refractivity contribution in [2.24, 2.45) is 5.41 Å². The standard InChI is InChI=1S/C14H20N2O4S/c1-8-7-9(12(18)19)11(21-8)16-10(17)5-6-15-13(20)14(2,3)4/h7H,5-6H2,1-4H3,(H,15,20)(H,16,17)(H,18,19). The lowest BCUT2D eigenvalue weighted by Crippen LogP contribution is -2.36. The van der Waals surface area contributed by atoms with Crippen molar-refractivity contribution in [2.75, 3.05) is 11.9 Å². The SMILES string of the molecule is Cc1cc(C(=O)O)c(NC(=O)CCNC(=O)C(C)(C)C)s1. The van der Waals surface area contributed by atoms with E-state index in [9.17, 15) is 14.4 Å². The highest BCUT2D eigenvalue weighted by atomic mass is 32.1. The monoisotopic (exact) mass is 312 g/mol. The van der Waals surface area contributed by atoms with Gasteiger partial charge < -0.3 is 15.7 Å². The highest BCUT2D eigenvalue weighted by Crippen LogP contribution is 2.27. The number of nitrogens with one attached hydrogen (secondary N) is 2. The van der Waals surface area contributed by atoms with Crippen molar-refractivity contribution in [3.63, 3.8) is 0 Å². The molecule has 0 fully saturated rings. The fourth-order valence-electron chi connectivity index (χ4n) is 1.51. The van der Waals surface area contributed by atoms with Gasteiger partial charge in [-0.1, -0.05) is 20.8 Å². The molecule has 1 aromatic rings. The minimum absolute atomic E-state index is 0.0876. The zero-order valence-electron chi connectivity index (χ0n) is 12.6. The van der Waals surface area contributed by atoms with E-state index in [1.165, 1.54) is 17.4 Å². The van der Waals surface area contributed by atoms with Crippen LogP contribution in [0.5, 0.6) is 0 Å². The van der Waals surface area contributed by atoms with E-state index in [1.54, 1.807) is 27.7 Å². The predicted octanol–water partition coefficient (Wildman–Crippen LogP) is 2.25. The highest BCUT2D eigenvalue weighted by Gasteiger charge is 2.21. The van der Waals surface area contributed by atoms with Crippen LogP contribution < -0.4 is 10.6 Å². The summed E-state index contributed by atoms with van der Waals surface area (Å²) in [6.45, 7) is 7.35. The summed E-state index contributed by atoms with van der Waals surface area (Å²) >= 11 is 1.21. The molecule has 0 unspecified atom stereocenters. The van der Waals surface area contributed by atoms with Gasteiger partial charge in [0, 0.05) is 23.3 Å². The second-order valence-electron chi connectivity index (χ2n) is 5.71. The average molecular weight is 312 g/mol. The number of amides is 2. The molecule has 1 heterocycles. The summed E-state index contributed by atoms with van der Waals surface area (Å²) in [5.74, 6) is -1.53. The third-order valence-electron chi connectivity index (χ3n) is 2.66. The molecule has 2 amide bonds. The van der Waals surface area contributed by atoms with Gasteiger partial charge in [-0.3, -0.25) is 9.59 Å². The van der Waals surface area contributed by atoms with Crippen molar-refractivity contribution < 1.29 is 19.5 Å². The maximum absolute atomic E-state index is 11.8. The molecule has 0 saturated heterocycles. The molecule has 0 saturated carbocycles. The lowest BCUT2D eigenvalue weighted by Gasteiger charge is -2.17. The van der Waals surface area contributed by atoms with Crippen LogP contribution in [0, 0.1) is 12.3 Å². The molecule has 0 aliphatic rings. The topological polar surface area (TPSA) is 95.5 Å². The van der Waals surface area contributed by atoms with Crippen LogP contribution >= 0.6 is 11.3 Å². The Morgan fingerprint density at radius 1 is 1.29 bits per heavy atom. The van der Waals surface area contributed by atoms with E-state index in [-0.39, 0.29) is 30.3 Å². The first kappa shape index (κ1) is 17.2. The molecule has 1 aromatic heterocycles. The van der Waals surface area contributed by atoms with Gasteiger partial charge in [0.25, 0.3) is 0 Å². The number of rotatable bonds is 5. The molecule has 116 valence electrons. The van der Waals surface area contributed by atoms with Crippen LogP contribution in [-0.4, -0.2) is 29.4 Å². The van der Waals surface area contributed by atoms with Crippen molar-refractivity contribution in [2.45, 2.75) is 34.1 Å². The average Bonchev–Trinajstić information content (AvgIpc) is 2.68. The summed E-state index contributed by atoms with van der Waals surface area (Å²) in [6.07, 6.45) is 0.0951. The number of hydrogen-bond donors (Lipinski definition) is 3. The van der Waals surface area contributed by atoms with Gasteiger partial charge in [-0.2, -0.15) is 0 Å². The molecule has 0 bridgehead atoms. The Morgan fingerprint density at radius 2 is 1.90 bits per heavy atom. The first-order valence-corrected chi connectivity index (χ1v) is 7.35. The summed E-state index contributed by atoms with van der Waals surface area (Å²) in [5, 5.41) is 14.6. The normalized spacial score (nSPS) is 11.0. The lowest BCUT2D eigenvalue weighted by molar-refractivity contribution is -0.128. The molecule has 0 spiro atoms. The van der Waals surface area contributed by atoms with Gasteiger partial charge in [0.05, 0.1) is 5.56 Å². The van der Waals surface area contributed by atoms with Crippen LogP contribution in [0.1, 0.15) is 42.4 Å². The van der Waals surface area contributed by atoms with Gasteiger partial charge in [0.2, 0.25) is 11.8 Å². The fraction of sp³-hybridized carbons (Fsp3) is 0.500. The van der Waals surface area contributed by atoms with E-state index in [2.05, 4.69) is 10.6 Å². The van der Waals surface area contributed by atoms with Crippen molar-refractivity contribution in [3.8, 4) is 0 Å². The summed E-state index contributed by atoms with van der Waals surface area (Å²) in [6, 6.07) is 1.52. The highest BCUT2D eigenvalue weighted by molar-refractivity contribution is 7.16. The first-order chi connectivity index (χ1) is 9.61. The first-order valence-electron chi connectivity index (χ1n) is 6.53. The molecule has 0 atom stereocenters.